The van der Waals surface area contributed by atoms with E-state index in [0.717, 1.165) is 37.3 Å². The molecule has 0 fully saturated rings. The number of aryl methyl sites for hydroxylation is 1. The number of halogens is 1. The Labute approximate surface area is 131 Å². The average Bonchev–Trinajstić information content (AvgIpc) is 2.99. The van der Waals surface area contributed by atoms with Gasteiger partial charge in [-0.05, 0) is 25.0 Å². The number of unbranched alkanes of at least 4 members (excludes halogenated alkanes) is 1. The van der Waals surface area contributed by atoms with Gasteiger partial charge in [-0.2, -0.15) is 0 Å². The monoisotopic (exact) mass is 306 g/mol. The van der Waals surface area contributed by atoms with E-state index in [2.05, 4.69) is 42.9 Å². The van der Waals surface area contributed by atoms with Gasteiger partial charge in [-0.1, -0.05) is 13.3 Å². The third-order valence-corrected chi connectivity index (χ3v) is 4.66. The molecular weight excluding hydrogens is 284 g/mol. The Bertz CT molecular complexity index is 650. The Hall–Kier alpha value is -1.35. The maximum Gasteiger partial charge on any atom is 0.145 e. The van der Waals surface area contributed by atoms with Crippen molar-refractivity contribution in [1.29, 1.82) is 0 Å². The second kappa shape index (κ2) is 5.80. The smallest absolute Gasteiger partial charge is 0.145 e. The van der Waals surface area contributed by atoms with Crippen molar-refractivity contribution in [3.05, 3.63) is 23.4 Å². The molecule has 114 valence electrons. The van der Waals surface area contributed by atoms with Crippen molar-refractivity contribution in [2.45, 2.75) is 32.6 Å². The molecule has 0 spiro atoms. The molecule has 21 heavy (non-hydrogen) atoms. The van der Waals surface area contributed by atoms with Crippen LogP contribution in [-0.4, -0.2) is 31.1 Å². The SMILES string of the molecule is CCCCOc1cc2c(c3cc(C)[nH]c13)C(CCl)CN2C. The Morgan fingerprint density at radius 1 is 1.43 bits per heavy atom. The van der Waals surface area contributed by atoms with Gasteiger partial charge in [0.2, 0.25) is 0 Å². The molecule has 0 saturated heterocycles. The van der Waals surface area contributed by atoms with Crippen molar-refractivity contribution in [3.8, 4) is 5.75 Å². The molecule has 3 nitrogen and oxygen atoms in total. The van der Waals surface area contributed by atoms with Crippen LogP contribution in [0.15, 0.2) is 12.1 Å². The number of benzene rings is 1. The zero-order valence-electron chi connectivity index (χ0n) is 13.0. The normalized spacial score (nSPS) is 17.5. The van der Waals surface area contributed by atoms with Crippen LogP contribution in [0, 0.1) is 6.92 Å². The number of nitrogens with one attached hydrogen (secondary N) is 1. The first-order valence-electron chi connectivity index (χ1n) is 7.71. The van der Waals surface area contributed by atoms with E-state index in [-0.39, 0.29) is 0 Å². The fourth-order valence-corrected chi connectivity index (χ4v) is 3.49. The zero-order valence-corrected chi connectivity index (χ0v) is 13.8. The van der Waals surface area contributed by atoms with E-state index in [1.54, 1.807) is 0 Å². The molecule has 0 radical (unpaired) electrons. The van der Waals surface area contributed by atoms with E-state index in [0.29, 0.717) is 11.8 Å². The van der Waals surface area contributed by atoms with Gasteiger partial charge in [-0.3, -0.25) is 0 Å². The molecular formula is C17H23ClN2O. The van der Waals surface area contributed by atoms with E-state index in [4.69, 9.17) is 16.3 Å². The predicted octanol–water partition coefficient (Wildman–Crippen LogP) is 4.43. The lowest BCUT2D eigenvalue weighted by Gasteiger charge is -2.15. The molecule has 0 aliphatic carbocycles. The van der Waals surface area contributed by atoms with Gasteiger partial charge in [0.05, 0.1) is 12.1 Å². The predicted molar refractivity (Wildman–Crippen MR) is 90.2 cm³/mol. The van der Waals surface area contributed by atoms with Crippen LogP contribution in [0.1, 0.15) is 36.9 Å². The summed E-state index contributed by atoms with van der Waals surface area (Å²) in [5.41, 5.74) is 4.92. The van der Waals surface area contributed by atoms with E-state index >= 15 is 0 Å². The van der Waals surface area contributed by atoms with Crippen LogP contribution in [0.25, 0.3) is 10.9 Å². The molecule has 1 aromatic heterocycles. The Balaban J connectivity index is 2.11. The van der Waals surface area contributed by atoms with Crippen LogP contribution in [-0.2, 0) is 0 Å². The Kier molecular flexibility index (Phi) is 4.03. The van der Waals surface area contributed by atoms with Gasteiger partial charge in [-0.15, -0.1) is 11.6 Å². The Morgan fingerprint density at radius 3 is 2.95 bits per heavy atom. The first-order chi connectivity index (χ1) is 10.2. The van der Waals surface area contributed by atoms with Gasteiger partial charge in [0, 0.05) is 48.2 Å². The summed E-state index contributed by atoms with van der Waals surface area (Å²) < 4.78 is 6.02. The maximum atomic E-state index is 6.18. The van der Waals surface area contributed by atoms with Crippen molar-refractivity contribution in [2.24, 2.45) is 0 Å². The minimum Gasteiger partial charge on any atom is -0.491 e. The summed E-state index contributed by atoms with van der Waals surface area (Å²) in [6.45, 7) is 6.03. The highest BCUT2D eigenvalue weighted by Gasteiger charge is 2.30. The summed E-state index contributed by atoms with van der Waals surface area (Å²) in [4.78, 5) is 5.75. The van der Waals surface area contributed by atoms with Crippen molar-refractivity contribution in [2.75, 3.05) is 31.0 Å². The summed E-state index contributed by atoms with van der Waals surface area (Å²) in [6.07, 6.45) is 2.23. The number of anilines is 1. The lowest BCUT2D eigenvalue weighted by molar-refractivity contribution is 0.312. The summed E-state index contributed by atoms with van der Waals surface area (Å²) in [5.74, 6) is 2.02. The third-order valence-electron chi connectivity index (χ3n) is 4.29. The summed E-state index contributed by atoms with van der Waals surface area (Å²) in [5, 5.41) is 1.27. The quantitative estimate of drug-likeness (QED) is 0.654. The van der Waals surface area contributed by atoms with Crippen LogP contribution in [0.4, 0.5) is 5.69 Å². The molecule has 3 rings (SSSR count). The van der Waals surface area contributed by atoms with Gasteiger partial charge in [0.1, 0.15) is 5.75 Å². The maximum absolute atomic E-state index is 6.18. The van der Waals surface area contributed by atoms with Gasteiger partial charge < -0.3 is 14.6 Å². The third kappa shape index (κ3) is 2.48. The van der Waals surface area contributed by atoms with E-state index in [1.165, 1.54) is 22.3 Å². The average molecular weight is 307 g/mol. The molecule has 2 aromatic rings. The van der Waals surface area contributed by atoms with Gasteiger partial charge in [-0.25, -0.2) is 0 Å². The standard InChI is InChI=1S/C17H23ClN2O/c1-4-5-6-21-15-8-14-16(12(9-18)10-20(14)3)13-7-11(2)19-17(13)15/h7-8,12,19H,4-6,9-10H2,1-3H3. The van der Waals surface area contributed by atoms with Crippen molar-refractivity contribution >= 4 is 28.2 Å². The number of alkyl halides is 1. The molecule has 0 saturated carbocycles. The summed E-state index contributed by atoms with van der Waals surface area (Å²) >= 11 is 6.18. The lowest BCUT2D eigenvalue weighted by Crippen LogP contribution is -2.15. The van der Waals surface area contributed by atoms with Gasteiger partial charge >= 0.3 is 0 Å². The summed E-state index contributed by atoms with van der Waals surface area (Å²) in [7, 11) is 2.13. The van der Waals surface area contributed by atoms with E-state index in [1.807, 2.05) is 0 Å². The van der Waals surface area contributed by atoms with Crippen molar-refractivity contribution < 1.29 is 4.74 Å². The second-order valence-electron chi connectivity index (χ2n) is 5.98. The largest absolute Gasteiger partial charge is 0.491 e. The van der Waals surface area contributed by atoms with Crippen LogP contribution in [0.3, 0.4) is 0 Å². The zero-order chi connectivity index (χ0) is 15.0. The van der Waals surface area contributed by atoms with Gasteiger partial charge in [0.15, 0.2) is 0 Å². The fraction of sp³-hybridized carbons (Fsp3) is 0.529. The first-order valence-corrected chi connectivity index (χ1v) is 8.25. The fourth-order valence-electron chi connectivity index (χ4n) is 3.24. The highest BCUT2D eigenvalue weighted by atomic mass is 35.5. The number of hydrogen-bond donors (Lipinski definition) is 1. The minimum absolute atomic E-state index is 0.397. The van der Waals surface area contributed by atoms with Crippen molar-refractivity contribution in [3.63, 3.8) is 0 Å². The highest BCUT2D eigenvalue weighted by Crippen LogP contribution is 2.45. The number of hydrogen-bond acceptors (Lipinski definition) is 2. The number of aromatic nitrogens is 1. The molecule has 1 atom stereocenters. The number of ether oxygens (including phenoxy) is 1. The Morgan fingerprint density at radius 2 is 2.24 bits per heavy atom. The van der Waals surface area contributed by atoms with Gasteiger partial charge in [0.25, 0.3) is 0 Å². The highest BCUT2D eigenvalue weighted by molar-refractivity contribution is 6.18. The van der Waals surface area contributed by atoms with Crippen LogP contribution >= 0.6 is 11.6 Å². The van der Waals surface area contributed by atoms with E-state index < -0.39 is 0 Å². The molecule has 1 aliphatic rings. The molecule has 1 unspecified atom stereocenters. The molecule has 4 heteroatoms. The van der Waals surface area contributed by atoms with Crippen LogP contribution < -0.4 is 9.64 Å². The van der Waals surface area contributed by atoms with Crippen LogP contribution in [0.5, 0.6) is 5.75 Å². The number of rotatable bonds is 5. The van der Waals surface area contributed by atoms with Crippen LogP contribution in [0.2, 0.25) is 0 Å². The molecule has 1 aliphatic heterocycles. The number of fused-ring (bicyclic) bond motifs is 3. The number of nitrogens with zero attached hydrogens (tertiary/aromatic N) is 1. The lowest BCUT2D eigenvalue weighted by atomic mass is 9.98. The number of aromatic amines is 1. The first kappa shape index (κ1) is 14.6. The molecule has 1 aromatic carbocycles. The topological polar surface area (TPSA) is 28.3 Å². The summed E-state index contributed by atoms with van der Waals surface area (Å²) in [6, 6.07) is 4.40. The molecule has 2 heterocycles. The minimum atomic E-state index is 0.397. The number of H-pyrrole nitrogens is 1. The van der Waals surface area contributed by atoms with Crippen molar-refractivity contribution in [1.82, 2.24) is 4.98 Å². The number of likely N-dealkylation sites (N-methyl/N-ethyl adjacent to an activating group) is 1. The molecule has 0 bridgehead atoms. The van der Waals surface area contributed by atoms with E-state index in [9.17, 15) is 0 Å². The molecule has 1 N–H and O–H groups in total. The molecule has 0 amide bonds. The second-order valence-corrected chi connectivity index (χ2v) is 6.29.